The number of hydrogen-bond acceptors (Lipinski definition) is 7. The number of ether oxygens (including phenoxy) is 1. The first-order valence-electron chi connectivity index (χ1n) is 16.2. The van der Waals surface area contributed by atoms with Gasteiger partial charge in [0.25, 0.3) is 15.9 Å². The first kappa shape index (κ1) is 31.3. The maximum absolute atomic E-state index is 13.9. The summed E-state index contributed by atoms with van der Waals surface area (Å²) < 4.78 is 41.6. The first-order chi connectivity index (χ1) is 21.8. The van der Waals surface area contributed by atoms with Crippen LogP contribution in [0.3, 0.4) is 0 Å². The molecular weight excluding hydrogens is 588 g/mol. The smallest absolute Gasteiger partial charge is 0.263 e. The zero-order valence-electron chi connectivity index (χ0n) is 26.4. The fourth-order valence-corrected chi connectivity index (χ4v) is 7.81. The van der Waals surface area contributed by atoms with Gasteiger partial charge in [0.2, 0.25) is 0 Å². The number of nitrogens with zero attached hydrogens (tertiary/aromatic N) is 3. The SMILES string of the molecule is CCCCC1=C=NC2(CCCC2)C(=O)N1Cc1ccc(-c2ccccc2S(=O)(=O)Nc2noc(C)c2C2CC2)c(COCC)c1. The Morgan fingerprint density at radius 3 is 2.62 bits per heavy atom. The molecule has 2 aliphatic carbocycles. The van der Waals surface area contributed by atoms with E-state index in [1.54, 1.807) is 12.1 Å². The number of carbonyl (C=O) groups is 1. The Labute approximate surface area is 265 Å². The molecule has 1 amide bonds. The number of aliphatic imine (C=N–C) groups is 1. The molecule has 2 saturated carbocycles. The van der Waals surface area contributed by atoms with Gasteiger partial charge in [0, 0.05) is 23.6 Å². The average Bonchev–Trinajstić information content (AvgIpc) is 3.64. The number of amides is 1. The second kappa shape index (κ2) is 12.9. The summed E-state index contributed by atoms with van der Waals surface area (Å²) in [7, 11) is -4.00. The maximum Gasteiger partial charge on any atom is 0.263 e. The van der Waals surface area contributed by atoms with E-state index in [2.05, 4.69) is 22.7 Å². The van der Waals surface area contributed by atoms with Gasteiger partial charge in [0.1, 0.15) is 11.3 Å². The van der Waals surface area contributed by atoms with E-state index in [0.717, 1.165) is 85.7 Å². The fraction of sp³-hybridized carbons (Fsp3) is 0.486. The van der Waals surface area contributed by atoms with E-state index in [1.165, 1.54) is 0 Å². The van der Waals surface area contributed by atoms with E-state index in [4.69, 9.17) is 14.3 Å². The fourth-order valence-electron chi connectivity index (χ4n) is 6.57. The number of aryl methyl sites for hydroxylation is 1. The maximum atomic E-state index is 13.9. The van der Waals surface area contributed by atoms with Crippen LogP contribution in [0.1, 0.15) is 100 Å². The van der Waals surface area contributed by atoms with Crippen LogP contribution in [-0.2, 0) is 32.7 Å². The molecule has 1 aromatic heterocycles. The Hall–Kier alpha value is -3.72. The molecule has 0 saturated heterocycles. The topological polar surface area (TPSA) is 114 Å². The van der Waals surface area contributed by atoms with Gasteiger partial charge in [-0.2, -0.15) is 0 Å². The van der Waals surface area contributed by atoms with Crippen LogP contribution >= 0.6 is 0 Å². The van der Waals surface area contributed by atoms with Crippen molar-refractivity contribution in [1.82, 2.24) is 10.1 Å². The molecule has 45 heavy (non-hydrogen) atoms. The minimum Gasteiger partial charge on any atom is -0.377 e. The summed E-state index contributed by atoms with van der Waals surface area (Å²) in [6.45, 7) is 7.09. The third-order valence-electron chi connectivity index (χ3n) is 9.13. The van der Waals surface area contributed by atoms with Gasteiger partial charge in [-0.15, -0.1) is 0 Å². The minimum atomic E-state index is -4.00. The van der Waals surface area contributed by atoms with Crippen LogP contribution in [0.4, 0.5) is 5.82 Å². The highest BCUT2D eigenvalue weighted by molar-refractivity contribution is 7.92. The van der Waals surface area contributed by atoms with Crippen LogP contribution in [0.15, 0.2) is 62.6 Å². The van der Waals surface area contributed by atoms with Crippen LogP contribution in [0.2, 0.25) is 0 Å². The Kier molecular flexibility index (Phi) is 9.00. The molecule has 238 valence electrons. The van der Waals surface area contributed by atoms with Crippen molar-refractivity contribution in [2.45, 2.75) is 108 Å². The molecule has 2 fully saturated rings. The van der Waals surface area contributed by atoms with Gasteiger partial charge >= 0.3 is 0 Å². The molecule has 1 N–H and O–H groups in total. The van der Waals surface area contributed by atoms with E-state index in [1.807, 2.05) is 49.1 Å². The van der Waals surface area contributed by atoms with Crippen molar-refractivity contribution < 1.29 is 22.5 Å². The predicted octanol–water partition coefficient (Wildman–Crippen LogP) is 7.26. The zero-order chi connectivity index (χ0) is 31.6. The molecule has 3 aromatic rings. The van der Waals surface area contributed by atoms with Crippen molar-refractivity contribution in [1.29, 1.82) is 0 Å². The molecule has 9 nitrogen and oxygen atoms in total. The Bertz CT molecular complexity index is 1740. The van der Waals surface area contributed by atoms with Crippen molar-refractivity contribution in [3.63, 3.8) is 0 Å². The van der Waals surface area contributed by atoms with Crippen molar-refractivity contribution in [3.8, 4) is 11.1 Å². The van der Waals surface area contributed by atoms with E-state index >= 15 is 0 Å². The lowest BCUT2D eigenvalue weighted by molar-refractivity contribution is -0.135. The first-order valence-corrected chi connectivity index (χ1v) is 17.7. The van der Waals surface area contributed by atoms with Gasteiger partial charge in [-0.1, -0.05) is 67.7 Å². The summed E-state index contributed by atoms with van der Waals surface area (Å²) in [4.78, 5) is 20.6. The van der Waals surface area contributed by atoms with Crippen LogP contribution in [0.5, 0.6) is 0 Å². The number of sulfonamides is 1. The summed E-state index contributed by atoms with van der Waals surface area (Å²) in [5, 5.41) is 4.04. The zero-order valence-corrected chi connectivity index (χ0v) is 27.2. The largest absolute Gasteiger partial charge is 0.377 e. The van der Waals surface area contributed by atoms with Gasteiger partial charge in [-0.05, 0) is 81.0 Å². The summed E-state index contributed by atoms with van der Waals surface area (Å²) >= 11 is 0. The number of carbonyl (C=O) groups excluding carboxylic acids is 1. The Morgan fingerprint density at radius 1 is 1.11 bits per heavy atom. The molecule has 2 heterocycles. The molecule has 2 aromatic carbocycles. The van der Waals surface area contributed by atoms with Gasteiger partial charge < -0.3 is 14.2 Å². The number of benzene rings is 2. The molecule has 10 heteroatoms. The van der Waals surface area contributed by atoms with Gasteiger partial charge in [-0.3, -0.25) is 9.52 Å². The van der Waals surface area contributed by atoms with Crippen LogP contribution in [0, 0.1) is 6.92 Å². The Morgan fingerprint density at radius 2 is 1.89 bits per heavy atom. The third-order valence-corrected chi connectivity index (χ3v) is 10.5. The lowest BCUT2D eigenvalue weighted by atomic mass is 9.93. The molecule has 3 aliphatic rings. The quantitative estimate of drug-likeness (QED) is 0.213. The molecule has 0 atom stereocenters. The third kappa shape index (κ3) is 6.37. The summed E-state index contributed by atoms with van der Waals surface area (Å²) in [6.07, 6.45) is 8.23. The van der Waals surface area contributed by atoms with E-state index in [9.17, 15) is 13.2 Å². The summed E-state index contributed by atoms with van der Waals surface area (Å²) in [5.41, 5.74) is 4.10. The number of nitrogens with one attached hydrogen (secondary N) is 1. The minimum absolute atomic E-state index is 0.0662. The van der Waals surface area contributed by atoms with Crippen molar-refractivity contribution in [2.24, 2.45) is 4.99 Å². The van der Waals surface area contributed by atoms with Gasteiger partial charge in [0.05, 0.1) is 23.7 Å². The summed E-state index contributed by atoms with van der Waals surface area (Å²) in [6, 6.07) is 12.9. The van der Waals surface area contributed by atoms with E-state index < -0.39 is 15.6 Å². The van der Waals surface area contributed by atoms with Gasteiger partial charge in [0.15, 0.2) is 5.82 Å². The van der Waals surface area contributed by atoms with Crippen LogP contribution in [0.25, 0.3) is 11.1 Å². The van der Waals surface area contributed by atoms with E-state index in [0.29, 0.717) is 31.1 Å². The second-order valence-electron chi connectivity index (χ2n) is 12.4. The Balaban J connectivity index is 1.34. The molecule has 0 radical (unpaired) electrons. The number of hydrogen-bond donors (Lipinski definition) is 1. The highest BCUT2D eigenvalue weighted by atomic mass is 32.2. The molecule has 1 aliphatic heterocycles. The average molecular weight is 631 g/mol. The van der Waals surface area contributed by atoms with Gasteiger partial charge in [-0.25, -0.2) is 13.4 Å². The predicted molar refractivity (Wildman–Crippen MR) is 173 cm³/mol. The lowest BCUT2D eigenvalue weighted by Crippen LogP contribution is -2.47. The van der Waals surface area contributed by atoms with Crippen molar-refractivity contribution in [2.75, 3.05) is 11.3 Å². The number of rotatable bonds is 13. The molecule has 0 unspecified atom stereocenters. The standard InChI is InChI=1S/C35H42N4O5S/c1-4-6-11-28-21-36-35(18-9-10-19-35)34(40)39(28)22-25-14-17-29(27(20-25)23-43-5-2)30-12-7-8-13-31(30)45(41,42)38-33-32(26-15-16-26)24(3)44-37-33/h7-8,12-14,17,20,26H,4-6,9-11,15-16,18-19,22-23H2,1-3H3,(H,37,38). The number of anilines is 1. The number of allylic oxidation sites excluding steroid dienone is 1. The van der Waals surface area contributed by atoms with Crippen molar-refractivity contribution >= 4 is 27.6 Å². The highest BCUT2D eigenvalue weighted by Gasteiger charge is 2.46. The number of aromatic nitrogens is 1. The monoisotopic (exact) mass is 630 g/mol. The molecule has 1 spiro atoms. The van der Waals surface area contributed by atoms with E-state index in [-0.39, 0.29) is 22.5 Å². The molecular formula is C35H42N4O5S. The van der Waals surface area contributed by atoms with Crippen molar-refractivity contribution in [3.05, 3.63) is 70.6 Å². The molecule has 0 bridgehead atoms. The normalized spacial score (nSPS) is 17.7. The molecule has 6 rings (SSSR count). The van der Waals surface area contributed by atoms with Crippen LogP contribution in [-0.4, -0.2) is 42.4 Å². The highest BCUT2D eigenvalue weighted by Crippen LogP contribution is 2.45. The van der Waals surface area contributed by atoms with Crippen LogP contribution < -0.4 is 4.72 Å². The number of unbranched alkanes of at least 4 members (excludes halogenated alkanes) is 1. The second-order valence-corrected chi connectivity index (χ2v) is 14.1. The lowest BCUT2D eigenvalue weighted by Gasteiger charge is -2.35. The summed E-state index contributed by atoms with van der Waals surface area (Å²) in [5.74, 6) is 4.51.